The van der Waals surface area contributed by atoms with E-state index in [-0.39, 0.29) is 48.7 Å². The molecule has 0 saturated carbocycles. The van der Waals surface area contributed by atoms with Crippen molar-refractivity contribution < 1.29 is 23.8 Å². The van der Waals surface area contributed by atoms with Crippen molar-refractivity contribution in [3.63, 3.8) is 0 Å². The molecule has 1 aliphatic heterocycles. The Morgan fingerprint density at radius 1 is 1.06 bits per heavy atom. The monoisotopic (exact) mass is 258 g/mol. The van der Waals surface area contributed by atoms with Gasteiger partial charge < -0.3 is 14.2 Å². The SMILES string of the molecule is CC(=O)OC[C@H]1OC(C)[C@H](C)[C@@H](C)[C@@H]1OC(C)=O. The first-order chi connectivity index (χ1) is 8.32. The van der Waals surface area contributed by atoms with Crippen molar-refractivity contribution in [3.05, 3.63) is 0 Å². The first kappa shape index (κ1) is 15.0. The van der Waals surface area contributed by atoms with Gasteiger partial charge in [0.1, 0.15) is 18.8 Å². The van der Waals surface area contributed by atoms with Crippen LogP contribution in [0.4, 0.5) is 0 Å². The maximum absolute atomic E-state index is 11.1. The van der Waals surface area contributed by atoms with Gasteiger partial charge >= 0.3 is 11.9 Å². The molecule has 5 heteroatoms. The molecule has 1 rings (SSSR count). The molecule has 1 fully saturated rings. The van der Waals surface area contributed by atoms with Crippen molar-refractivity contribution in [1.82, 2.24) is 0 Å². The molecule has 0 radical (unpaired) electrons. The summed E-state index contributed by atoms with van der Waals surface area (Å²) in [7, 11) is 0. The van der Waals surface area contributed by atoms with Crippen molar-refractivity contribution >= 4 is 11.9 Å². The Labute approximate surface area is 108 Å². The molecular weight excluding hydrogens is 236 g/mol. The number of rotatable bonds is 3. The summed E-state index contributed by atoms with van der Waals surface area (Å²) < 4.78 is 16.1. The summed E-state index contributed by atoms with van der Waals surface area (Å²) in [4.78, 5) is 22.0. The third-order valence-electron chi connectivity index (χ3n) is 3.60. The first-order valence-corrected chi connectivity index (χ1v) is 6.29. The number of hydrogen-bond donors (Lipinski definition) is 0. The van der Waals surface area contributed by atoms with Gasteiger partial charge in [-0.15, -0.1) is 0 Å². The quantitative estimate of drug-likeness (QED) is 0.719. The van der Waals surface area contributed by atoms with Crippen LogP contribution in [0.5, 0.6) is 0 Å². The van der Waals surface area contributed by atoms with E-state index in [0.29, 0.717) is 0 Å². The zero-order valence-electron chi connectivity index (χ0n) is 11.6. The average molecular weight is 258 g/mol. The number of esters is 2. The Kier molecular flexibility index (Phi) is 5.14. The summed E-state index contributed by atoms with van der Waals surface area (Å²) in [5.74, 6) is -0.259. The summed E-state index contributed by atoms with van der Waals surface area (Å²) in [5.41, 5.74) is 0. The maximum Gasteiger partial charge on any atom is 0.303 e. The fraction of sp³-hybridized carbons (Fsp3) is 0.846. The van der Waals surface area contributed by atoms with Crippen molar-refractivity contribution in [2.75, 3.05) is 6.61 Å². The molecule has 104 valence electrons. The molecule has 0 aromatic heterocycles. The van der Waals surface area contributed by atoms with Crippen molar-refractivity contribution in [1.29, 1.82) is 0 Å². The van der Waals surface area contributed by atoms with Crippen LogP contribution in [0.3, 0.4) is 0 Å². The lowest BCUT2D eigenvalue weighted by Gasteiger charge is -2.42. The molecule has 1 aliphatic rings. The van der Waals surface area contributed by atoms with Gasteiger partial charge in [0.15, 0.2) is 0 Å². The highest BCUT2D eigenvalue weighted by molar-refractivity contribution is 5.66. The average Bonchev–Trinajstić information content (AvgIpc) is 2.27. The van der Waals surface area contributed by atoms with Crippen LogP contribution in [0.25, 0.3) is 0 Å². The molecule has 1 unspecified atom stereocenters. The second-order valence-corrected chi connectivity index (χ2v) is 4.97. The van der Waals surface area contributed by atoms with E-state index in [1.807, 2.05) is 13.8 Å². The van der Waals surface area contributed by atoms with Gasteiger partial charge in [-0.2, -0.15) is 0 Å². The largest absolute Gasteiger partial charge is 0.463 e. The third kappa shape index (κ3) is 3.70. The van der Waals surface area contributed by atoms with Gasteiger partial charge in [0.05, 0.1) is 6.10 Å². The van der Waals surface area contributed by atoms with Gasteiger partial charge in [0, 0.05) is 19.8 Å². The number of hydrogen-bond acceptors (Lipinski definition) is 5. The Morgan fingerprint density at radius 2 is 1.67 bits per heavy atom. The van der Waals surface area contributed by atoms with E-state index in [0.717, 1.165) is 0 Å². The third-order valence-corrected chi connectivity index (χ3v) is 3.60. The molecule has 0 aromatic rings. The zero-order valence-corrected chi connectivity index (χ0v) is 11.6. The van der Waals surface area contributed by atoms with Gasteiger partial charge in [0.2, 0.25) is 0 Å². The second kappa shape index (κ2) is 6.18. The predicted molar refractivity (Wildman–Crippen MR) is 64.9 cm³/mol. The molecule has 0 aromatic carbocycles. The lowest BCUT2D eigenvalue weighted by molar-refractivity contribution is -0.202. The Bertz CT molecular complexity index is 315. The van der Waals surface area contributed by atoms with E-state index in [9.17, 15) is 9.59 Å². The summed E-state index contributed by atoms with van der Waals surface area (Å²) >= 11 is 0. The minimum atomic E-state index is -0.390. The topological polar surface area (TPSA) is 61.8 Å². The number of carbonyl (C=O) groups excluding carboxylic acids is 2. The highest BCUT2D eigenvalue weighted by Gasteiger charge is 2.42. The van der Waals surface area contributed by atoms with Gasteiger partial charge in [-0.25, -0.2) is 0 Å². The first-order valence-electron chi connectivity index (χ1n) is 6.29. The highest BCUT2D eigenvalue weighted by atomic mass is 16.6. The van der Waals surface area contributed by atoms with Crippen LogP contribution < -0.4 is 0 Å². The van der Waals surface area contributed by atoms with Crippen LogP contribution in [0.2, 0.25) is 0 Å². The Hall–Kier alpha value is -1.10. The molecule has 0 bridgehead atoms. The number of ether oxygens (including phenoxy) is 3. The smallest absolute Gasteiger partial charge is 0.303 e. The fourth-order valence-electron chi connectivity index (χ4n) is 2.25. The molecule has 5 nitrogen and oxygen atoms in total. The minimum Gasteiger partial charge on any atom is -0.463 e. The summed E-state index contributed by atoms with van der Waals surface area (Å²) in [6.45, 7) is 8.91. The van der Waals surface area contributed by atoms with Gasteiger partial charge in [-0.05, 0) is 12.8 Å². The zero-order chi connectivity index (χ0) is 13.9. The standard InChI is InChI=1S/C13H22O5/c1-7-8(2)13(18-11(5)15)12(17-9(7)3)6-16-10(4)14/h7-9,12-13H,6H2,1-5H3/t7-,8-,9?,12-,13+/m1/s1. The van der Waals surface area contributed by atoms with E-state index >= 15 is 0 Å². The second-order valence-electron chi connectivity index (χ2n) is 4.97. The number of carbonyl (C=O) groups is 2. The van der Waals surface area contributed by atoms with E-state index in [1.165, 1.54) is 13.8 Å². The molecule has 0 N–H and O–H groups in total. The van der Waals surface area contributed by atoms with E-state index in [1.54, 1.807) is 0 Å². The minimum absolute atomic E-state index is 0.0485. The molecule has 0 spiro atoms. The van der Waals surface area contributed by atoms with Crippen molar-refractivity contribution in [2.24, 2.45) is 11.8 Å². The molecule has 0 aliphatic carbocycles. The molecular formula is C13H22O5. The lowest BCUT2D eigenvalue weighted by atomic mass is 9.82. The van der Waals surface area contributed by atoms with Crippen LogP contribution in [-0.4, -0.2) is 36.9 Å². The van der Waals surface area contributed by atoms with Crippen LogP contribution >= 0.6 is 0 Å². The molecule has 18 heavy (non-hydrogen) atoms. The van der Waals surface area contributed by atoms with Crippen LogP contribution in [0, 0.1) is 11.8 Å². The summed E-state index contributed by atoms with van der Waals surface area (Å²) in [5, 5.41) is 0. The van der Waals surface area contributed by atoms with E-state index < -0.39 is 0 Å². The summed E-state index contributed by atoms with van der Waals surface area (Å²) in [6, 6.07) is 0. The van der Waals surface area contributed by atoms with Gasteiger partial charge in [-0.1, -0.05) is 13.8 Å². The highest BCUT2D eigenvalue weighted by Crippen LogP contribution is 2.32. The molecule has 5 atom stereocenters. The molecule has 1 heterocycles. The van der Waals surface area contributed by atoms with Crippen LogP contribution in [0.1, 0.15) is 34.6 Å². The van der Waals surface area contributed by atoms with Gasteiger partial charge in [0.25, 0.3) is 0 Å². The van der Waals surface area contributed by atoms with E-state index in [2.05, 4.69) is 6.92 Å². The Morgan fingerprint density at radius 3 is 2.17 bits per heavy atom. The van der Waals surface area contributed by atoms with Gasteiger partial charge in [-0.3, -0.25) is 9.59 Å². The lowest BCUT2D eigenvalue weighted by Crippen LogP contribution is -2.52. The normalized spacial score (nSPS) is 35.9. The Balaban J connectivity index is 2.75. The van der Waals surface area contributed by atoms with Crippen molar-refractivity contribution in [2.45, 2.75) is 52.9 Å². The molecule has 1 saturated heterocycles. The predicted octanol–water partition coefficient (Wildman–Crippen LogP) is 1.54. The van der Waals surface area contributed by atoms with E-state index in [4.69, 9.17) is 14.2 Å². The fourth-order valence-corrected chi connectivity index (χ4v) is 2.25. The molecule has 0 amide bonds. The maximum atomic E-state index is 11.1. The van der Waals surface area contributed by atoms with Crippen LogP contribution in [0.15, 0.2) is 0 Å². The van der Waals surface area contributed by atoms with Crippen LogP contribution in [-0.2, 0) is 23.8 Å². The summed E-state index contributed by atoms with van der Waals surface area (Å²) in [6.07, 6.45) is -0.709. The van der Waals surface area contributed by atoms with Crippen molar-refractivity contribution in [3.8, 4) is 0 Å².